The van der Waals surface area contributed by atoms with Gasteiger partial charge in [-0.05, 0) is 12.1 Å². The molecule has 4 nitrogen and oxygen atoms in total. The number of aromatic hydroxyl groups is 1. The van der Waals surface area contributed by atoms with E-state index in [0.717, 1.165) is 0 Å². The number of fused-ring (bicyclic) bond motifs is 1. The summed E-state index contributed by atoms with van der Waals surface area (Å²) in [7, 11) is 0. The van der Waals surface area contributed by atoms with Crippen LogP contribution in [-0.4, -0.2) is 18.5 Å². The van der Waals surface area contributed by atoms with E-state index in [-0.39, 0.29) is 12.5 Å². The van der Waals surface area contributed by atoms with Crippen LogP contribution in [0.25, 0.3) is 0 Å². The normalized spacial score (nSPS) is 12.6. The molecule has 0 amide bonds. The maximum absolute atomic E-state index is 9.67. The predicted octanol–water partition coefficient (Wildman–Crippen LogP) is 1.69. The number of hydrogen-bond acceptors (Lipinski definition) is 4. The lowest BCUT2D eigenvalue weighted by atomic mass is 10.3. The number of phenolic OH excluding ortho intramolecular Hbond substituents is 1. The summed E-state index contributed by atoms with van der Waals surface area (Å²) >= 11 is 0. The monoisotopic (exact) mass is 194 g/mol. The Bertz CT molecular complexity index is 359. The molecule has 1 aliphatic heterocycles. The summed E-state index contributed by atoms with van der Waals surface area (Å²) in [5, 5.41) is 9.67. The van der Waals surface area contributed by atoms with Gasteiger partial charge in [0.25, 0.3) is 0 Å². The Morgan fingerprint density at radius 2 is 2.36 bits per heavy atom. The molecule has 1 aliphatic rings. The fraction of sp³-hybridized carbons (Fsp3) is 0.200. The lowest BCUT2D eigenvalue weighted by Crippen LogP contribution is -1.94. The summed E-state index contributed by atoms with van der Waals surface area (Å²) in [5.74, 6) is 1.22. The van der Waals surface area contributed by atoms with Crippen LogP contribution in [0.3, 0.4) is 0 Å². The molecule has 0 saturated heterocycles. The average molecular weight is 194 g/mol. The van der Waals surface area contributed by atoms with E-state index in [1.165, 1.54) is 0 Å². The van der Waals surface area contributed by atoms with Gasteiger partial charge in [-0.2, -0.15) is 0 Å². The van der Waals surface area contributed by atoms with Crippen molar-refractivity contribution >= 4 is 0 Å². The first-order chi connectivity index (χ1) is 6.83. The van der Waals surface area contributed by atoms with E-state index in [1.54, 1.807) is 18.2 Å². The van der Waals surface area contributed by atoms with Crippen LogP contribution in [0.15, 0.2) is 24.8 Å². The van der Waals surface area contributed by atoms with Gasteiger partial charge in [-0.3, -0.25) is 0 Å². The number of phenols is 1. The molecule has 0 atom stereocenters. The zero-order chi connectivity index (χ0) is 9.97. The summed E-state index contributed by atoms with van der Waals surface area (Å²) < 4.78 is 15.4. The van der Waals surface area contributed by atoms with Crippen LogP contribution in [0.2, 0.25) is 0 Å². The van der Waals surface area contributed by atoms with Crippen LogP contribution in [-0.2, 0) is 0 Å². The largest absolute Gasteiger partial charge is 0.502 e. The average Bonchev–Trinajstić information content (AvgIpc) is 2.66. The van der Waals surface area contributed by atoms with Crippen molar-refractivity contribution in [2.24, 2.45) is 0 Å². The molecule has 1 aromatic rings. The fourth-order valence-electron chi connectivity index (χ4n) is 1.20. The smallest absolute Gasteiger partial charge is 0.231 e. The lowest BCUT2D eigenvalue weighted by molar-refractivity contribution is 0.171. The minimum absolute atomic E-state index is 0.0261. The van der Waals surface area contributed by atoms with Crippen molar-refractivity contribution in [1.82, 2.24) is 0 Å². The highest BCUT2D eigenvalue weighted by atomic mass is 16.7. The van der Waals surface area contributed by atoms with Gasteiger partial charge in [0, 0.05) is 0 Å². The molecular formula is C10H10O4. The van der Waals surface area contributed by atoms with Crippen LogP contribution < -0.4 is 14.2 Å². The third-order valence-electron chi connectivity index (χ3n) is 1.83. The quantitative estimate of drug-likeness (QED) is 0.744. The molecule has 0 fully saturated rings. The van der Waals surface area contributed by atoms with Crippen LogP contribution >= 0.6 is 0 Å². The molecule has 4 heteroatoms. The Kier molecular flexibility index (Phi) is 2.18. The zero-order valence-electron chi connectivity index (χ0n) is 7.53. The maximum Gasteiger partial charge on any atom is 0.231 e. The zero-order valence-corrected chi connectivity index (χ0v) is 7.53. The highest BCUT2D eigenvalue weighted by molar-refractivity contribution is 5.59. The Hall–Kier alpha value is -1.84. The molecular weight excluding hydrogens is 184 g/mol. The number of benzene rings is 1. The lowest BCUT2D eigenvalue weighted by Gasteiger charge is -2.07. The second-order valence-corrected chi connectivity index (χ2v) is 2.75. The van der Waals surface area contributed by atoms with E-state index >= 15 is 0 Å². The summed E-state index contributed by atoms with van der Waals surface area (Å²) in [5.41, 5.74) is 0. The second kappa shape index (κ2) is 3.49. The van der Waals surface area contributed by atoms with Crippen LogP contribution in [0.1, 0.15) is 0 Å². The van der Waals surface area contributed by atoms with E-state index in [4.69, 9.17) is 14.2 Å². The van der Waals surface area contributed by atoms with E-state index in [0.29, 0.717) is 23.9 Å². The summed E-state index contributed by atoms with van der Waals surface area (Å²) in [6.07, 6.45) is 1.60. The van der Waals surface area contributed by atoms with Crippen molar-refractivity contribution in [3.63, 3.8) is 0 Å². The minimum atomic E-state index is -0.0261. The standard InChI is InChI=1S/C10H10O4/c1-2-5-12-7-3-4-8-10(9(7)11)14-6-13-8/h2-4,11H,1,5-6H2. The van der Waals surface area contributed by atoms with Crippen molar-refractivity contribution in [3.05, 3.63) is 24.8 Å². The van der Waals surface area contributed by atoms with Gasteiger partial charge >= 0.3 is 0 Å². The molecule has 14 heavy (non-hydrogen) atoms. The van der Waals surface area contributed by atoms with Gasteiger partial charge in [0.05, 0.1) is 0 Å². The third-order valence-corrected chi connectivity index (χ3v) is 1.83. The van der Waals surface area contributed by atoms with Crippen LogP contribution in [0, 0.1) is 0 Å². The first-order valence-electron chi connectivity index (χ1n) is 4.18. The molecule has 0 aliphatic carbocycles. The van der Waals surface area contributed by atoms with Crippen molar-refractivity contribution in [2.45, 2.75) is 0 Å². The van der Waals surface area contributed by atoms with Gasteiger partial charge in [-0.1, -0.05) is 12.7 Å². The Morgan fingerprint density at radius 1 is 1.50 bits per heavy atom. The van der Waals surface area contributed by atoms with Gasteiger partial charge in [0.2, 0.25) is 18.3 Å². The van der Waals surface area contributed by atoms with Crippen molar-refractivity contribution < 1.29 is 19.3 Å². The molecule has 0 saturated carbocycles. The maximum atomic E-state index is 9.67. The van der Waals surface area contributed by atoms with Crippen molar-refractivity contribution in [3.8, 4) is 23.0 Å². The molecule has 1 N–H and O–H groups in total. The summed E-state index contributed by atoms with van der Waals surface area (Å²) in [6.45, 7) is 3.99. The van der Waals surface area contributed by atoms with Crippen molar-refractivity contribution in [2.75, 3.05) is 13.4 Å². The third kappa shape index (κ3) is 1.35. The van der Waals surface area contributed by atoms with Crippen molar-refractivity contribution in [1.29, 1.82) is 0 Å². The highest BCUT2D eigenvalue weighted by Crippen LogP contribution is 2.45. The molecule has 0 spiro atoms. The predicted molar refractivity (Wildman–Crippen MR) is 49.9 cm³/mol. The summed E-state index contributed by atoms with van der Waals surface area (Å²) in [6, 6.07) is 3.33. The van der Waals surface area contributed by atoms with E-state index in [1.807, 2.05) is 0 Å². The SMILES string of the molecule is C=CCOc1ccc2c(c1O)OCO2. The van der Waals surface area contributed by atoms with Crippen LogP contribution in [0.5, 0.6) is 23.0 Å². The van der Waals surface area contributed by atoms with E-state index in [9.17, 15) is 5.11 Å². The molecule has 2 rings (SSSR count). The van der Waals surface area contributed by atoms with E-state index < -0.39 is 0 Å². The number of hydrogen-bond donors (Lipinski definition) is 1. The van der Waals surface area contributed by atoms with E-state index in [2.05, 4.69) is 6.58 Å². The minimum Gasteiger partial charge on any atom is -0.502 e. The molecule has 1 aromatic carbocycles. The highest BCUT2D eigenvalue weighted by Gasteiger charge is 2.20. The van der Waals surface area contributed by atoms with Gasteiger partial charge in [-0.15, -0.1) is 0 Å². The van der Waals surface area contributed by atoms with Crippen LogP contribution in [0.4, 0.5) is 0 Å². The molecule has 0 aromatic heterocycles. The Balaban J connectivity index is 2.30. The second-order valence-electron chi connectivity index (χ2n) is 2.75. The molecule has 0 bridgehead atoms. The molecule has 0 unspecified atom stereocenters. The van der Waals surface area contributed by atoms with Gasteiger partial charge in [0.1, 0.15) is 6.61 Å². The first kappa shape index (κ1) is 8.74. The topological polar surface area (TPSA) is 47.9 Å². The van der Waals surface area contributed by atoms with Gasteiger partial charge < -0.3 is 19.3 Å². The molecule has 0 radical (unpaired) electrons. The number of rotatable bonds is 3. The molecule has 1 heterocycles. The summed E-state index contributed by atoms with van der Waals surface area (Å²) in [4.78, 5) is 0. The van der Waals surface area contributed by atoms with Gasteiger partial charge in [-0.25, -0.2) is 0 Å². The molecule has 74 valence electrons. The van der Waals surface area contributed by atoms with Gasteiger partial charge in [0.15, 0.2) is 11.5 Å². The first-order valence-corrected chi connectivity index (χ1v) is 4.18. The number of ether oxygens (including phenoxy) is 3. The Morgan fingerprint density at radius 3 is 3.14 bits per heavy atom. The Labute approximate surface area is 81.3 Å². The fourth-order valence-corrected chi connectivity index (χ4v) is 1.20.